The molecule has 4 rings (SSSR count). The normalized spacial score (nSPS) is 11.6. The number of hydrogen-bond acceptors (Lipinski definition) is 7. The van der Waals surface area contributed by atoms with E-state index in [4.69, 9.17) is 9.47 Å². The first-order chi connectivity index (χ1) is 18.1. The zero-order valence-corrected chi connectivity index (χ0v) is 21.7. The maximum atomic E-state index is 12.9. The van der Waals surface area contributed by atoms with Gasteiger partial charge in [0.05, 0.1) is 18.3 Å². The molecule has 1 aromatic heterocycles. The molecule has 11 heteroatoms. The van der Waals surface area contributed by atoms with E-state index in [1.807, 2.05) is 17.8 Å². The third kappa shape index (κ3) is 5.37. The zero-order valence-electron chi connectivity index (χ0n) is 20.9. The zero-order chi connectivity index (χ0) is 27.4. The van der Waals surface area contributed by atoms with E-state index in [1.165, 1.54) is 55.8 Å². The van der Waals surface area contributed by atoms with E-state index in [0.29, 0.717) is 12.2 Å². The van der Waals surface area contributed by atoms with Crippen LogP contribution in [-0.4, -0.2) is 30.9 Å². The monoisotopic (exact) mass is 535 g/mol. The average Bonchev–Trinajstić information content (AvgIpc) is 3.21. The molecule has 0 saturated heterocycles. The standard InChI is InChI=1S/C27H25N3O7S/c1-4-13-37-24-7-5-6-8-26(24)38(34,35)28-27(31)19-10-9-18(25(15-19)36-3)14-20-17-29(2)23-12-11-21(30(32)33)16-22(20)23/h4-13,15-17H,14H2,1-3H3,(H,28,31)/b13-4-. The Kier molecular flexibility index (Phi) is 7.49. The maximum absolute atomic E-state index is 12.9. The Morgan fingerprint density at radius 3 is 2.55 bits per heavy atom. The van der Waals surface area contributed by atoms with Gasteiger partial charge in [0.15, 0.2) is 0 Å². The number of nitrogens with zero attached hydrogens (tertiary/aromatic N) is 2. The number of hydrogen-bond donors (Lipinski definition) is 1. The van der Waals surface area contributed by atoms with Crippen LogP contribution in [0.1, 0.15) is 28.4 Å². The summed E-state index contributed by atoms with van der Waals surface area (Å²) in [6, 6.07) is 15.3. The predicted molar refractivity (Wildman–Crippen MR) is 142 cm³/mol. The molecule has 196 valence electrons. The number of carbonyl (C=O) groups is 1. The largest absolute Gasteiger partial charge is 0.496 e. The van der Waals surface area contributed by atoms with Crippen LogP contribution in [0.15, 0.2) is 84.1 Å². The highest BCUT2D eigenvalue weighted by Crippen LogP contribution is 2.30. The number of rotatable bonds is 9. The second-order valence-corrected chi connectivity index (χ2v) is 10.0. The van der Waals surface area contributed by atoms with Gasteiger partial charge in [-0.15, -0.1) is 0 Å². The van der Waals surface area contributed by atoms with Gasteiger partial charge in [0.25, 0.3) is 21.6 Å². The first-order valence-electron chi connectivity index (χ1n) is 11.5. The molecule has 3 aromatic carbocycles. The minimum absolute atomic E-state index is 0.0113. The molecule has 0 spiro atoms. The highest BCUT2D eigenvalue weighted by atomic mass is 32.2. The molecule has 1 heterocycles. The van der Waals surface area contributed by atoms with E-state index in [9.17, 15) is 23.3 Å². The van der Waals surface area contributed by atoms with Crippen LogP contribution in [-0.2, 0) is 23.5 Å². The lowest BCUT2D eigenvalue weighted by atomic mass is 10.0. The quantitative estimate of drug-likeness (QED) is 0.186. The van der Waals surface area contributed by atoms with Crippen LogP contribution < -0.4 is 14.2 Å². The summed E-state index contributed by atoms with van der Waals surface area (Å²) < 4.78 is 40.7. The molecule has 4 aromatic rings. The molecule has 38 heavy (non-hydrogen) atoms. The van der Waals surface area contributed by atoms with Crippen molar-refractivity contribution in [2.24, 2.45) is 7.05 Å². The fraction of sp³-hybridized carbons (Fsp3) is 0.148. The highest BCUT2D eigenvalue weighted by Gasteiger charge is 2.23. The minimum Gasteiger partial charge on any atom is -0.496 e. The van der Waals surface area contributed by atoms with Crippen LogP contribution in [0.3, 0.4) is 0 Å². The van der Waals surface area contributed by atoms with E-state index in [0.717, 1.165) is 22.0 Å². The van der Waals surface area contributed by atoms with Crippen molar-refractivity contribution in [3.05, 3.63) is 106 Å². The fourth-order valence-electron chi connectivity index (χ4n) is 4.10. The summed E-state index contributed by atoms with van der Waals surface area (Å²) in [6.45, 7) is 1.72. The number of nitrogens with one attached hydrogen (secondary N) is 1. The predicted octanol–water partition coefficient (Wildman–Crippen LogP) is 4.72. The molecule has 1 amide bonds. The van der Waals surface area contributed by atoms with Gasteiger partial charge < -0.3 is 14.0 Å². The Labute approximate surface area is 219 Å². The molecule has 0 aliphatic heterocycles. The molecule has 0 atom stereocenters. The molecule has 0 unspecified atom stereocenters. The molecule has 0 saturated carbocycles. The number of ether oxygens (including phenoxy) is 2. The number of nitro groups is 1. The van der Waals surface area contributed by atoms with E-state index < -0.39 is 20.9 Å². The number of aryl methyl sites for hydroxylation is 1. The fourth-order valence-corrected chi connectivity index (χ4v) is 5.21. The third-order valence-corrected chi connectivity index (χ3v) is 7.26. The maximum Gasteiger partial charge on any atom is 0.270 e. The Bertz CT molecular complexity index is 1670. The van der Waals surface area contributed by atoms with Gasteiger partial charge in [-0.1, -0.05) is 24.3 Å². The van der Waals surface area contributed by atoms with E-state index in [-0.39, 0.29) is 21.9 Å². The number of fused-ring (bicyclic) bond motifs is 1. The van der Waals surface area contributed by atoms with Crippen molar-refractivity contribution in [3.63, 3.8) is 0 Å². The van der Waals surface area contributed by atoms with Crippen LogP contribution in [0, 0.1) is 10.1 Å². The molecule has 1 N–H and O–H groups in total. The van der Waals surface area contributed by atoms with Gasteiger partial charge in [0.1, 0.15) is 16.4 Å². The van der Waals surface area contributed by atoms with Crippen molar-refractivity contribution < 1.29 is 27.6 Å². The van der Waals surface area contributed by atoms with Gasteiger partial charge in [0, 0.05) is 48.3 Å². The Hall–Kier alpha value is -4.64. The number of carbonyl (C=O) groups excluding carboxylic acids is 1. The Balaban J connectivity index is 1.61. The minimum atomic E-state index is -4.24. The molecular formula is C27H25N3O7S. The Morgan fingerprint density at radius 1 is 1.08 bits per heavy atom. The molecule has 0 aliphatic carbocycles. The van der Waals surface area contributed by atoms with Crippen LogP contribution in [0.2, 0.25) is 0 Å². The summed E-state index contributed by atoms with van der Waals surface area (Å²) in [5.74, 6) is -0.389. The summed E-state index contributed by atoms with van der Waals surface area (Å²) in [5.41, 5.74) is 2.46. The summed E-state index contributed by atoms with van der Waals surface area (Å²) in [4.78, 5) is 23.6. The number of methoxy groups -OCH3 is 1. The second-order valence-electron chi connectivity index (χ2n) is 8.40. The summed E-state index contributed by atoms with van der Waals surface area (Å²) >= 11 is 0. The topological polar surface area (TPSA) is 130 Å². The number of non-ortho nitro benzene ring substituents is 1. The van der Waals surface area contributed by atoms with Gasteiger partial charge in [0.2, 0.25) is 0 Å². The van der Waals surface area contributed by atoms with Crippen molar-refractivity contribution in [2.45, 2.75) is 18.2 Å². The van der Waals surface area contributed by atoms with Crippen molar-refractivity contribution in [1.82, 2.24) is 9.29 Å². The number of nitro benzene ring substituents is 1. The van der Waals surface area contributed by atoms with Gasteiger partial charge in [-0.2, -0.15) is 0 Å². The van der Waals surface area contributed by atoms with E-state index in [2.05, 4.69) is 4.72 Å². The smallest absolute Gasteiger partial charge is 0.270 e. The number of benzene rings is 3. The van der Waals surface area contributed by atoms with Gasteiger partial charge in [-0.05, 0) is 48.4 Å². The molecular weight excluding hydrogens is 510 g/mol. The molecule has 0 fully saturated rings. The van der Waals surface area contributed by atoms with Crippen molar-refractivity contribution in [3.8, 4) is 11.5 Å². The van der Waals surface area contributed by atoms with Crippen molar-refractivity contribution in [2.75, 3.05) is 7.11 Å². The van der Waals surface area contributed by atoms with Crippen LogP contribution in [0.25, 0.3) is 10.9 Å². The molecule has 0 bridgehead atoms. The number of sulfonamides is 1. The van der Waals surface area contributed by atoms with Crippen LogP contribution in [0.5, 0.6) is 11.5 Å². The Morgan fingerprint density at radius 2 is 1.84 bits per heavy atom. The lowest BCUT2D eigenvalue weighted by molar-refractivity contribution is -0.384. The first kappa shape index (κ1) is 26.4. The SMILES string of the molecule is C/C=C\Oc1ccccc1S(=O)(=O)NC(=O)c1ccc(Cc2cn(C)c3ccc([N+](=O)[O-])cc23)c(OC)c1. The van der Waals surface area contributed by atoms with Crippen LogP contribution in [0.4, 0.5) is 5.69 Å². The lowest BCUT2D eigenvalue weighted by Crippen LogP contribution is -2.30. The number of aromatic nitrogens is 1. The lowest BCUT2D eigenvalue weighted by Gasteiger charge is -2.13. The summed E-state index contributed by atoms with van der Waals surface area (Å²) in [6.07, 6.45) is 5.20. The molecule has 10 nitrogen and oxygen atoms in total. The average molecular weight is 536 g/mol. The third-order valence-electron chi connectivity index (χ3n) is 5.89. The second kappa shape index (κ2) is 10.8. The highest BCUT2D eigenvalue weighted by molar-refractivity contribution is 7.90. The van der Waals surface area contributed by atoms with Gasteiger partial charge >= 0.3 is 0 Å². The number of para-hydroxylation sites is 1. The van der Waals surface area contributed by atoms with Crippen LogP contribution >= 0.6 is 0 Å². The molecule has 0 radical (unpaired) electrons. The van der Waals surface area contributed by atoms with Gasteiger partial charge in [-0.25, -0.2) is 13.1 Å². The summed E-state index contributed by atoms with van der Waals surface area (Å²) in [7, 11) is -0.941. The molecule has 0 aliphatic rings. The van der Waals surface area contributed by atoms with E-state index in [1.54, 1.807) is 31.2 Å². The first-order valence-corrected chi connectivity index (χ1v) is 13.0. The van der Waals surface area contributed by atoms with Crippen molar-refractivity contribution in [1.29, 1.82) is 0 Å². The van der Waals surface area contributed by atoms with Gasteiger partial charge in [-0.3, -0.25) is 14.9 Å². The number of allylic oxidation sites excluding steroid dienone is 1. The summed E-state index contributed by atoms with van der Waals surface area (Å²) in [5, 5.41) is 12.0. The number of amides is 1. The van der Waals surface area contributed by atoms with Crippen molar-refractivity contribution >= 4 is 32.5 Å². The van der Waals surface area contributed by atoms with E-state index >= 15 is 0 Å².